The Morgan fingerprint density at radius 1 is 1.55 bits per heavy atom. The minimum atomic E-state index is -0.477. The van der Waals surface area contributed by atoms with Crippen LogP contribution >= 0.6 is 12.2 Å². The van der Waals surface area contributed by atoms with Gasteiger partial charge in [0.15, 0.2) is 4.77 Å². The Labute approximate surface area is 133 Å². The maximum absolute atomic E-state index is 12.0. The number of benzene rings is 1. The SMILES string of the molecule is CCC(C)n1c(O)c(C=Nc2cccc(N)c2)c(=O)[nH]c1=S. The van der Waals surface area contributed by atoms with Gasteiger partial charge in [-0.1, -0.05) is 13.0 Å². The number of aromatic amines is 1. The van der Waals surface area contributed by atoms with Crippen LogP contribution in [0.25, 0.3) is 0 Å². The second-order valence-corrected chi connectivity index (χ2v) is 5.36. The van der Waals surface area contributed by atoms with Crippen LogP contribution < -0.4 is 11.3 Å². The fourth-order valence-corrected chi connectivity index (χ4v) is 2.36. The third-order valence-corrected chi connectivity index (χ3v) is 3.70. The van der Waals surface area contributed by atoms with Crippen molar-refractivity contribution in [3.63, 3.8) is 0 Å². The Morgan fingerprint density at radius 3 is 2.91 bits per heavy atom. The van der Waals surface area contributed by atoms with E-state index in [1.807, 2.05) is 13.8 Å². The van der Waals surface area contributed by atoms with Crippen molar-refractivity contribution < 1.29 is 5.11 Å². The standard InChI is InChI=1S/C15H18N4O2S/c1-3-9(2)19-14(21)12(13(20)18-15(19)22)8-17-11-6-4-5-10(16)7-11/h4-9,21H,3,16H2,1-2H3,(H,18,20,22). The van der Waals surface area contributed by atoms with Crippen molar-refractivity contribution in [2.45, 2.75) is 26.3 Å². The van der Waals surface area contributed by atoms with E-state index >= 15 is 0 Å². The van der Waals surface area contributed by atoms with Gasteiger partial charge in [-0.2, -0.15) is 0 Å². The number of rotatable bonds is 4. The largest absolute Gasteiger partial charge is 0.494 e. The van der Waals surface area contributed by atoms with Crippen molar-refractivity contribution in [3.8, 4) is 5.88 Å². The molecule has 0 aliphatic rings. The van der Waals surface area contributed by atoms with Crippen LogP contribution in [0.5, 0.6) is 5.88 Å². The van der Waals surface area contributed by atoms with Gasteiger partial charge >= 0.3 is 0 Å². The first kappa shape index (κ1) is 16.0. The van der Waals surface area contributed by atoms with Gasteiger partial charge in [-0.25, -0.2) is 0 Å². The predicted molar refractivity (Wildman–Crippen MR) is 90.7 cm³/mol. The minimum absolute atomic E-state index is 0.0381. The van der Waals surface area contributed by atoms with Crippen LogP contribution in [0.3, 0.4) is 0 Å². The summed E-state index contributed by atoms with van der Waals surface area (Å²) in [5, 5.41) is 10.3. The van der Waals surface area contributed by atoms with Gasteiger partial charge in [-0.15, -0.1) is 0 Å². The molecular weight excluding hydrogens is 300 g/mol. The number of nitrogens with two attached hydrogens (primary N) is 1. The zero-order valence-electron chi connectivity index (χ0n) is 12.4. The molecule has 4 N–H and O–H groups in total. The van der Waals surface area contributed by atoms with Crippen LogP contribution in [0.4, 0.5) is 11.4 Å². The number of aromatic nitrogens is 2. The second-order valence-electron chi connectivity index (χ2n) is 4.98. The molecule has 6 nitrogen and oxygen atoms in total. The highest BCUT2D eigenvalue weighted by atomic mass is 32.1. The Kier molecular flexibility index (Phi) is 4.77. The molecule has 0 aliphatic heterocycles. The average Bonchev–Trinajstić information content (AvgIpc) is 2.46. The Hall–Kier alpha value is -2.41. The van der Waals surface area contributed by atoms with E-state index in [1.54, 1.807) is 24.3 Å². The maximum atomic E-state index is 12.0. The second kappa shape index (κ2) is 6.57. The zero-order valence-corrected chi connectivity index (χ0v) is 13.2. The van der Waals surface area contributed by atoms with Crippen LogP contribution in [0, 0.1) is 4.77 Å². The Morgan fingerprint density at radius 2 is 2.27 bits per heavy atom. The zero-order chi connectivity index (χ0) is 16.3. The molecule has 0 radical (unpaired) electrons. The quantitative estimate of drug-likeness (QED) is 0.459. The normalized spacial score (nSPS) is 12.6. The van der Waals surface area contributed by atoms with E-state index in [2.05, 4.69) is 9.98 Å². The number of nitrogens with zero attached hydrogens (tertiary/aromatic N) is 2. The molecular formula is C15H18N4O2S. The molecule has 0 amide bonds. The molecule has 1 aromatic heterocycles. The van der Waals surface area contributed by atoms with Crippen LogP contribution in [0.2, 0.25) is 0 Å². The molecule has 0 saturated heterocycles. The Balaban J connectivity index is 2.52. The number of aliphatic imine (C=N–C) groups is 1. The number of hydrogen-bond donors (Lipinski definition) is 3. The highest BCUT2D eigenvalue weighted by Crippen LogP contribution is 2.21. The van der Waals surface area contributed by atoms with Crippen molar-refractivity contribution in [3.05, 3.63) is 45.0 Å². The summed E-state index contributed by atoms with van der Waals surface area (Å²) in [6, 6.07) is 6.89. The fourth-order valence-electron chi connectivity index (χ4n) is 2.00. The van der Waals surface area contributed by atoms with Crippen molar-refractivity contribution in [1.29, 1.82) is 0 Å². The van der Waals surface area contributed by atoms with E-state index in [1.165, 1.54) is 10.8 Å². The van der Waals surface area contributed by atoms with E-state index in [0.29, 0.717) is 11.4 Å². The molecule has 1 heterocycles. The molecule has 22 heavy (non-hydrogen) atoms. The van der Waals surface area contributed by atoms with Crippen LogP contribution in [0.15, 0.2) is 34.1 Å². The summed E-state index contributed by atoms with van der Waals surface area (Å²) < 4.78 is 1.70. The van der Waals surface area contributed by atoms with Gasteiger partial charge in [0.25, 0.3) is 5.56 Å². The predicted octanol–water partition coefficient (Wildman–Crippen LogP) is 2.92. The highest BCUT2D eigenvalue weighted by Gasteiger charge is 2.14. The summed E-state index contributed by atoms with van der Waals surface area (Å²) in [5.74, 6) is -0.184. The molecule has 0 bridgehead atoms. The van der Waals surface area contributed by atoms with E-state index in [9.17, 15) is 9.90 Å². The number of nitrogens with one attached hydrogen (secondary N) is 1. The van der Waals surface area contributed by atoms with Crippen LogP contribution in [-0.4, -0.2) is 20.9 Å². The molecule has 2 rings (SSSR count). The molecule has 1 atom stereocenters. The first-order valence-corrected chi connectivity index (χ1v) is 7.32. The lowest BCUT2D eigenvalue weighted by atomic mass is 10.2. The minimum Gasteiger partial charge on any atom is -0.494 e. The summed E-state index contributed by atoms with van der Waals surface area (Å²) in [4.78, 5) is 18.7. The van der Waals surface area contributed by atoms with E-state index in [4.69, 9.17) is 18.0 Å². The monoisotopic (exact) mass is 318 g/mol. The van der Waals surface area contributed by atoms with Crippen molar-refractivity contribution in [1.82, 2.24) is 9.55 Å². The molecule has 7 heteroatoms. The van der Waals surface area contributed by atoms with Gasteiger partial charge < -0.3 is 10.8 Å². The van der Waals surface area contributed by atoms with Crippen molar-refractivity contribution in [2.24, 2.45) is 4.99 Å². The number of anilines is 1. The smallest absolute Gasteiger partial charge is 0.264 e. The molecule has 1 unspecified atom stereocenters. The summed E-state index contributed by atoms with van der Waals surface area (Å²) in [6.07, 6.45) is 2.08. The number of nitrogen functional groups attached to an aromatic ring is 1. The first-order chi connectivity index (χ1) is 10.4. The lowest BCUT2D eigenvalue weighted by Gasteiger charge is -2.16. The average molecular weight is 318 g/mol. The topological polar surface area (TPSA) is 96.4 Å². The first-order valence-electron chi connectivity index (χ1n) is 6.91. The Bertz CT molecular complexity index is 823. The van der Waals surface area contributed by atoms with Crippen LogP contribution in [-0.2, 0) is 0 Å². The third-order valence-electron chi connectivity index (χ3n) is 3.40. The molecule has 0 saturated carbocycles. The van der Waals surface area contributed by atoms with Gasteiger partial charge in [-0.05, 0) is 43.8 Å². The lowest BCUT2D eigenvalue weighted by Crippen LogP contribution is -2.20. The fraction of sp³-hybridized carbons (Fsp3) is 0.267. The van der Waals surface area contributed by atoms with Gasteiger partial charge in [-0.3, -0.25) is 19.3 Å². The van der Waals surface area contributed by atoms with Crippen LogP contribution in [0.1, 0.15) is 31.9 Å². The summed E-state index contributed by atoms with van der Waals surface area (Å²) >= 11 is 5.11. The van der Waals surface area contributed by atoms with Crippen molar-refractivity contribution in [2.75, 3.05) is 5.73 Å². The lowest BCUT2D eigenvalue weighted by molar-refractivity contribution is 0.371. The molecule has 0 spiro atoms. The van der Waals surface area contributed by atoms with Gasteiger partial charge in [0.2, 0.25) is 5.88 Å². The molecule has 0 aliphatic carbocycles. The van der Waals surface area contributed by atoms with Crippen molar-refractivity contribution >= 4 is 29.8 Å². The molecule has 2 aromatic rings. The van der Waals surface area contributed by atoms with E-state index in [-0.39, 0.29) is 22.3 Å². The summed E-state index contributed by atoms with van der Waals surface area (Å²) in [5.41, 5.74) is 6.44. The number of hydrogen-bond acceptors (Lipinski definition) is 5. The third kappa shape index (κ3) is 3.25. The maximum Gasteiger partial charge on any atom is 0.264 e. The van der Waals surface area contributed by atoms with E-state index in [0.717, 1.165) is 6.42 Å². The summed E-state index contributed by atoms with van der Waals surface area (Å²) in [7, 11) is 0. The molecule has 1 aromatic carbocycles. The molecule has 0 fully saturated rings. The number of H-pyrrole nitrogens is 1. The van der Waals surface area contributed by atoms with E-state index < -0.39 is 5.56 Å². The van der Waals surface area contributed by atoms with Gasteiger partial charge in [0, 0.05) is 17.9 Å². The number of aromatic hydroxyl groups is 1. The van der Waals surface area contributed by atoms with Gasteiger partial charge in [0.05, 0.1) is 5.69 Å². The highest BCUT2D eigenvalue weighted by molar-refractivity contribution is 7.71. The molecule has 116 valence electrons. The summed E-state index contributed by atoms with van der Waals surface area (Å²) in [6.45, 7) is 3.88. The van der Waals surface area contributed by atoms with Gasteiger partial charge in [0.1, 0.15) is 5.56 Å².